The zero-order valence-corrected chi connectivity index (χ0v) is 21.4. The van der Waals surface area contributed by atoms with E-state index in [0.29, 0.717) is 6.54 Å². The molecule has 0 spiro atoms. The molecule has 0 aliphatic carbocycles. The van der Waals surface area contributed by atoms with Crippen LogP contribution in [0.5, 0.6) is 5.75 Å². The summed E-state index contributed by atoms with van der Waals surface area (Å²) < 4.78 is 9.56. The van der Waals surface area contributed by atoms with Gasteiger partial charge >= 0.3 is 0 Å². The van der Waals surface area contributed by atoms with E-state index in [-0.39, 0.29) is 24.0 Å². The van der Waals surface area contributed by atoms with Crippen LogP contribution in [0.2, 0.25) is 0 Å². The molecule has 0 saturated carbocycles. The first-order valence-corrected chi connectivity index (χ1v) is 10.1. The molecule has 0 aliphatic rings. The maximum atomic E-state index is 5.28. The van der Waals surface area contributed by atoms with Crippen LogP contribution in [-0.2, 0) is 19.6 Å². The van der Waals surface area contributed by atoms with E-state index in [1.807, 2.05) is 23.7 Å². The molecule has 0 unspecified atom stereocenters. The Kier molecular flexibility index (Phi) is 8.90. The third kappa shape index (κ3) is 5.57. The molecule has 1 N–H and O–H groups in total. The van der Waals surface area contributed by atoms with Crippen LogP contribution in [0, 0.1) is 13.8 Å². The lowest BCUT2D eigenvalue weighted by Gasteiger charge is -2.22. The first kappa shape index (κ1) is 24.7. The molecule has 0 aliphatic heterocycles. The zero-order chi connectivity index (χ0) is 21.7. The quantitative estimate of drug-likeness (QED) is 0.284. The van der Waals surface area contributed by atoms with Gasteiger partial charge in [-0.2, -0.15) is 0 Å². The van der Waals surface area contributed by atoms with Crippen molar-refractivity contribution in [1.82, 2.24) is 29.5 Å². The SMILES string of the molecule is CCn1cnnc1CNC(=NC)N(C)Cc1cc(C)n(-c2ccc(OC)cc2)c1C.I. The topological polar surface area (TPSA) is 72.5 Å². The number of aromatic nitrogens is 4. The van der Waals surface area contributed by atoms with E-state index in [4.69, 9.17) is 4.74 Å². The van der Waals surface area contributed by atoms with E-state index in [2.05, 4.69) is 68.9 Å². The van der Waals surface area contributed by atoms with Gasteiger partial charge in [-0.15, -0.1) is 34.2 Å². The fourth-order valence-electron chi connectivity index (χ4n) is 3.67. The Morgan fingerprint density at radius 3 is 2.55 bits per heavy atom. The molecule has 9 heteroatoms. The Morgan fingerprint density at radius 2 is 1.94 bits per heavy atom. The van der Waals surface area contributed by atoms with Crippen molar-refractivity contribution in [1.29, 1.82) is 0 Å². The number of ether oxygens (including phenoxy) is 1. The molecule has 1 aromatic carbocycles. The van der Waals surface area contributed by atoms with Crippen molar-refractivity contribution in [3.63, 3.8) is 0 Å². The second kappa shape index (κ2) is 11.2. The largest absolute Gasteiger partial charge is 0.497 e. The Labute approximate surface area is 201 Å². The number of guanidine groups is 1. The molecule has 0 fully saturated rings. The third-order valence-electron chi connectivity index (χ3n) is 5.29. The number of nitrogens with one attached hydrogen (secondary N) is 1. The average Bonchev–Trinajstić information content (AvgIpc) is 3.32. The Hall–Kier alpha value is -2.56. The minimum Gasteiger partial charge on any atom is -0.497 e. The van der Waals surface area contributed by atoms with E-state index in [1.165, 1.54) is 17.0 Å². The molecular formula is C22H32IN7O. The summed E-state index contributed by atoms with van der Waals surface area (Å²) in [5, 5.41) is 11.5. The van der Waals surface area contributed by atoms with Crippen molar-refractivity contribution >= 4 is 29.9 Å². The molecule has 0 atom stereocenters. The van der Waals surface area contributed by atoms with Crippen LogP contribution < -0.4 is 10.1 Å². The fraction of sp³-hybridized carbons (Fsp3) is 0.409. The summed E-state index contributed by atoms with van der Waals surface area (Å²) in [6.07, 6.45) is 1.75. The number of hydrogen-bond donors (Lipinski definition) is 1. The molecule has 3 rings (SSSR count). The highest BCUT2D eigenvalue weighted by Gasteiger charge is 2.15. The molecule has 0 radical (unpaired) electrons. The molecule has 2 heterocycles. The van der Waals surface area contributed by atoms with Crippen LogP contribution in [-0.4, -0.2) is 51.4 Å². The molecule has 3 aromatic rings. The first-order valence-electron chi connectivity index (χ1n) is 10.1. The van der Waals surface area contributed by atoms with Gasteiger partial charge < -0.3 is 24.1 Å². The van der Waals surface area contributed by atoms with E-state index in [9.17, 15) is 0 Å². The highest BCUT2D eigenvalue weighted by molar-refractivity contribution is 14.0. The monoisotopic (exact) mass is 537 g/mol. The number of nitrogens with zero attached hydrogens (tertiary/aromatic N) is 6. The summed E-state index contributed by atoms with van der Waals surface area (Å²) in [6.45, 7) is 8.53. The van der Waals surface area contributed by atoms with Gasteiger partial charge in [0.15, 0.2) is 11.8 Å². The Balaban J connectivity index is 0.00000341. The van der Waals surface area contributed by atoms with Crippen molar-refractivity contribution in [3.05, 3.63) is 59.4 Å². The summed E-state index contributed by atoms with van der Waals surface area (Å²) in [7, 11) is 5.52. The van der Waals surface area contributed by atoms with Gasteiger partial charge in [-0.25, -0.2) is 0 Å². The lowest BCUT2D eigenvalue weighted by molar-refractivity contribution is 0.414. The van der Waals surface area contributed by atoms with Gasteiger partial charge in [0.05, 0.1) is 13.7 Å². The minimum atomic E-state index is 0. The number of aliphatic imine (C=N–C) groups is 1. The van der Waals surface area contributed by atoms with Gasteiger partial charge in [0.2, 0.25) is 0 Å². The summed E-state index contributed by atoms with van der Waals surface area (Å²) in [6, 6.07) is 10.4. The van der Waals surface area contributed by atoms with Gasteiger partial charge in [0.1, 0.15) is 12.1 Å². The van der Waals surface area contributed by atoms with Crippen molar-refractivity contribution in [3.8, 4) is 11.4 Å². The van der Waals surface area contributed by atoms with Crippen LogP contribution >= 0.6 is 24.0 Å². The molecule has 168 valence electrons. The first-order chi connectivity index (χ1) is 14.5. The predicted molar refractivity (Wildman–Crippen MR) is 135 cm³/mol. The normalized spacial score (nSPS) is 11.2. The standard InChI is InChI=1S/C22H31N7O.HI/c1-7-28-15-25-26-21(28)13-24-22(23-4)27(5)14-18-12-16(2)29(17(18)3)19-8-10-20(30-6)11-9-19;/h8-12,15H,7,13-14H2,1-6H3,(H,23,24);1H. The second-order valence-corrected chi connectivity index (χ2v) is 7.22. The van der Waals surface area contributed by atoms with Crippen LogP contribution in [0.1, 0.15) is 29.7 Å². The Morgan fingerprint density at radius 1 is 1.23 bits per heavy atom. The van der Waals surface area contributed by atoms with E-state index >= 15 is 0 Å². The van der Waals surface area contributed by atoms with Gasteiger partial charge in [0.25, 0.3) is 0 Å². The van der Waals surface area contributed by atoms with Crippen molar-refractivity contribution < 1.29 is 4.74 Å². The zero-order valence-electron chi connectivity index (χ0n) is 19.1. The van der Waals surface area contributed by atoms with Crippen molar-refractivity contribution in [2.24, 2.45) is 4.99 Å². The molecule has 0 bridgehead atoms. The van der Waals surface area contributed by atoms with Crippen LogP contribution in [0.25, 0.3) is 5.69 Å². The Bertz CT molecular complexity index is 1010. The number of hydrogen-bond acceptors (Lipinski definition) is 4. The van der Waals surface area contributed by atoms with Gasteiger partial charge in [0, 0.05) is 44.3 Å². The number of benzene rings is 1. The van der Waals surface area contributed by atoms with E-state index in [0.717, 1.165) is 36.3 Å². The number of methoxy groups -OCH3 is 1. The lowest BCUT2D eigenvalue weighted by Crippen LogP contribution is -2.38. The fourth-order valence-corrected chi connectivity index (χ4v) is 3.67. The lowest BCUT2D eigenvalue weighted by atomic mass is 10.2. The second-order valence-electron chi connectivity index (χ2n) is 7.22. The average molecular weight is 537 g/mol. The van der Waals surface area contributed by atoms with Crippen LogP contribution in [0.3, 0.4) is 0 Å². The maximum Gasteiger partial charge on any atom is 0.194 e. The summed E-state index contributed by atoms with van der Waals surface area (Å²) >= 11 is 0. The highest BCUT2D eigenvalue weighted by Crippen LogP contribution is 2.23. The summed E-state index contributed by atoms with van der Waals surface area (Å²) in [5.41, 5.74) is 4.79. The molecule has 8 nitrogen and oxygen atoms in total. The summed E-state index contributed by atoms with van der Waals surface area (Å²) in [4.78, 5) is 6.55. The molecule has 0 amide bonds. The summed E-state index contributed by atoms with van der Waals surface area (Å²) in [5.74, 6) is 2.56. The maximum absolute atomic E-state index is 5.28. The molecular weight excluding hydrogens is 505 g/mol. The van der Waals surface area contributed by atoms with Gasteiger partial charge in [-0.1, -0.05) is 0 Å². The van der Waals surface area contributed by atoms with Gasteiger partial charge in [-0.3, -0.25) is 4.99 Å². The third-order valence-corrected chi connectivity index (χ3v) is 5.29. The van der Waals surface area contributed by atoms with Crippen molar-refractivity contribution in [2.45, 2.75) is 40.4 Å². The van der Waals surface area contributed by atoms with E-state index < -0.39 is 0 Å². The number of halogens is 1. The van der Waals surface area contributed by atoms with Crippen LogP contribution in [0.15, 0.2) is 41.7 Å². The van der Waals surface area contributed by atoms with Crippen molar-refractivity contribution in [2.75, 3.05) is 21.2 Å². The van der Waals surface area contributed by atoms with Gasteiger partial charge in [-0.05, 0) is 56.7 Å². The smallest absolute Gasteiger partial charge is 0.194 e. The van der Waals surface area contributed by atoms with E-state index in [1.54, 1.807) is 20.5 Å². The number of aryl methyl sites for hydroxylation is 2. The van der Waals surface area contributed by atoms with Crippen LogP contribution in [0.4, 0.5) is 0 Å². The minimum absolute atomic E-state index is 0. The molecule has 2 aromatic heterocycles. The molecule has 31 heavy (non-hydrogen) atoms. The highest BCUT2D eigenvalue weighted by atomic mass is 127. The number of rotatable bonds is 7. The molecule has 0 saturated heterocycles. The predicted octanol–water partition coefficient (Wildman–Crippen LogP) is 3.54.